The Bertz CT molecular complexity index is 396. The van der Waals surface area contributed by atoms with Crippen molar-refractivity contribution in [3.8, 4) is 11.8 Å². The molecular formula is C13H18N2S. The molecule has 0 radical (unpaired) electrons. The van der Waals surface area contributed by atoms with Crippen molar-refractivity contribution >= 4 is 11.3 Å². The van der Waals surface area contributed by atoms with E-state index in [1.54, 1.807) is 11.3 Å². The molecule has 2 N–H and O–H groups in total. The lowest BCUT2D eigenvalue weighted by atomic mass is 10.3. The van der Waals surface area contributed by atoms with Gasteiger partial charge in [0.25, 0.3) is 0 Å². The molecule has 86 valence electrons. The molecule has 0 unspecified atom stereocenters. The predicted octanol–water partition coefficient (Wildman–Crippen LogP) is 2.04. The lowest BCUT2D eigenvalue weighted by Crippen LogP contribution is -2.24. The number of thiophene rings is 1. The normalized spacial score (nSPS) is 14.9. The second-order valence-corrected chi connectivity index (χ2v) is 5.23. The van der Waals surface area contributed by atoms with E-state index >= 15 is 0 Å². The standard InChI is InChI=1S/C13H18N2S/c1-2-15(11-5-6-11)10-13-8-7-12(16-13)4-3-9-14/h7-8,11H,2,5-6,9-10,14H2,1H3. The zero-order chi connectivity index (χ0) is 11.4. The van der Waals surface area contributed by atoms with Gasteiger partial charge >= 0.3 is 0 Å². The Labute approximate surface area is 101 Å². The summed E-state index contributed by atoms with van der Waals surface area (Å²) in [5, 5.41) is 0. The molecule has 1 aliphatic carbocycles. The van der Waals surface area contributed by atoms with Gasteiger partial charge in [0.05, 0.1) is 11.4 Å². The molecule has 2 rings (SSSR count). The molecule has 3 heteroatoms. The Kier molecular flexibility index (Phi) is 4.00. The van der Waals surface area contributed by atoms with Gasteiger partial charge in [-0.05, 0) is 31.5 Å². The molecule has 0 spiro atoms. The highest BCUT2D eigenvalue weighted by atomic mass is 32.1. The predicted molar refractivity (Wildman–Crippen MR) is 69.4 cm³/mol. The molecule has 1 aliphatic rings. The molecule has 0 atom stereocenters. The summed E-state index contributed by atoms with van der Waals surface area (Å²) < 4.78 is 0. The molecule has 1 aromatic heterocycles. The van der Waals surface area contributed by atoms with Gasteiger partial charge in [0.2, 0.25) is 0 Å². The number of nitrogens with two attached hydrogens (primary N) is 1. The Balaban J connectivity index is 1.95. The van der Waals surface area contributed by atoms with E-state index in [1.165, 1.54) is 17.7 Å². The van der Waals surface area contributed by atoms with Crippen LogP contribution in [0, 0.1) is 11.8 Å². The second kappa shape index (κ2) is 5.49. The molecule has 2 nitrogen and oxygen atoms in total. The van der Waals surface area contributed by atoms with Gasteiger partial charge in [-0.1, -0.05) is 18.8 Å². The first-order valence-corrected chi connectivity index (χ1v) is 6.67. The Morgan fingerprint density at radius 2 is 2.31 bits per heavy atom. The third kappa shape index (κ3) is 3.08. The zero-order valence-corrected chi connectivity index (χ0v) is 10.5. The first-order valence-electron chi connectivity index (χ1n) is 5.85. The summed E-state index contributed by atoms with van der Waals surface area (Å²) in [6, 6.07) is 5.13. The van der Waals surface area contributed by atoms with E-state index in [2.05, 4.69) is 35.8 Å². The van der Waals surface area contributed by atoms with Gasteiger partial charge in [-0.2, -0.15) is 0 Å². The Morgan fingerprint density at radius 3 is 2.94 bits per heavy atom. The van der Waals surface area contributed by atoms with Crippen LogP contribution in [0.4, 0.5) is 0 Å². The molecule has 0 aromatic carbocycles. The summed E-state index contributed by atoms with van der Waals surface area (Å²) in [5.74, 6) is 5.98. The van der Waals surface area contributed by atoms with Crippen LogP contribution in [0.3, 0.4) is 0 Å². The minimum Gasteiger partial charge on any atom is -0.320 e. The second-order valence-electron chi connectivity index (χ2n) is 4.07. The van der Waals surface area contributed by atoms with Crippen LogP contribution in [-0.2, 0) is 6.54 Å². The molecule has 1 saturated carbocycles. The van der Waals surface area contributed by atoms with Crippen molar-refractivity contribution in [2.45, 2.75) is 32.4 Å². The van der Waals surface area contributed by atoms with Gasteiger partial charge in [-0.15, -0.1) is 11.3 Å². The summed E-state index contributed by atoms with van der Waals surface area (Å²) in [4.78, 5) is 5.09. The van der Waals surface area contributed by atoms with Crippen LogP contribution in [-0.4, -0.2) is 24.0 Å². The topological polar surface area (TPSA) is 29.3 Å². The van der Waals surface area contributed by atoms with Crippen molar-refractivity contribution in [1.82, 2.24) is 4.90 Å². The van der Waals surface area contributed by atoms with Crippen molar-refractivity contribution in [3.05, 3.63) is 21.9 Å². The maximum atomic E-state index is 5.36. The maximum Gasteiger partial charge on any atom is 0.0772 e. The lowest BCUT2D eigenvalue weighted by Gasteiger charge is -2.18. The first kappa shape index (κ1) is 11.7. The van der Waals surface area contributed by atoms with E-state index in [0.717, 1.165) is 24.0 Å². The van der Waals surface area contributed by atoms with Crippen LogP contribution >= 0.6 is 11.3 Å². The van der Waals surface area contributed by atoms with Crippen molar-refractivity contribution < 1.29 is 0 Å². The summed E-state index contributed by atoms with van der Waals surface area (Å²) in [6.45, 7) is 4.90. The third-order valence-electron chi connectivity index (χ3n) is 2.80. The van der Waals surface area contributed by atoms with Crippen LogP contribution in [0.2, 0.25) is 0 Å². The highest BCUT2D eigenvalue weighted by molar-refractivity contribution is 7.12. The number of nitrogens with zero attached hydrogens (tertiary/aromatic N) is 1. The largest absolute Gasteiger partial charge is 0.320 e. The van der Waals surface area contributed by atoms with Gasteiger partial charge in [-0.25, -0.2) is 0 Å². The molecule has 0 amide bonds. The van der Waals surface area contributed by atoms with Crippen LogP contribution in [0.15, 0.2) is 12.1 Å². The third-order valence-corrected chi connectivity index (χ3v) is 3.79. The summed E-state index contributed by atoms with van der Waals surface area (Å²) in [6.07, 6.45) is 2.75. The lowest BCUT2D eigenvalue weighted by molar-refractivity contribution is 0.272. The maximum absolute atomic E-state index is 5.36. The van der Waals surface area contributed by atoms with E-state index in [-0.39, 0.29) is 0 Å². The van der Waals surface area contributed by atoms with E-state index in [1.807, 2.05) is 0 Å². The zero-order valence-electron chi connectivity index (χ0n) is 9.70. The quantitative estimate of drug-likeness (QED) is 0.808. The fourth-order valence-corrected chi connectivity index (χ4v) is 2.72. The van der Waals surface area contributed by atoms with Crippen molar-refractivity contribution in [3.63, 3.8) is 0 Å². The first-order chi connectivity index (χ1) is 7.83. The van der Waals surface area contributed by atoms with Crippen molar-refractivity contribution in [2.24, 2.45) is 5.73 Å². The van der Waals surface area contributed by atoms with E-state index in [4.69, 9.17) is 5.73 Å². The molecule has 0 saturated heterocycles. The van der Waals surface area contributed by atoms with Gasteiger partial charge in [-0.3, -0.25) is 4.90 Å². The van der Waals surface area contributed by atoms with Gasteiger partial charge in [0, 0.05) is 17.5 Å². The van der Waals surface area contributed by atoms with Crippen LogP contribution in [0.1, 0.15) is 29.5 Å². The number of hydrogen-bond acceptors (Lipinski definition) is 3. The fourth-order valence-electron chi connectivity index (χ4n) is 1.81. The van der Waals surface area contributed by atoms with E-state index in [9.17, 15) is 0 Å². The number of hydrogen-bond donors (Lipinski definition) is 1. The van der Waals surface area contributed by atoms with Gasteiger partial charge < -0.3 is 5.73 Å². The fraction of sp³-hybridized carbons (Fsp3) is 0.538. The van der Waals surface area contributed by atoms with E-state index < -0.39 is 0 Å². The van der Waals surface area contributed by atoms with Gasteiger partial charge in [0.15, 0.2) is 0 Å². The summed E-state index contributed by atoms with van der Waals surface area (Å²) in [7, 11) is 0. The van der Waals surface area contributed by atoms with Crippen LogP contribution in [0.5, 0.6) is 0 Å². The average molecular weight is 234 g/mol. The van der Waals surface area contributed by atoms with Crippen molar-refractivity contribution in [1.29, 1.82) is 0 Å². The minimum absolute atomic E-state index is 0.441. The summed E-state index contributed by atoms with van der Waals surface area (Å²) in [5.41, 5.74) is 5.36. The SMILES string of the molecule is CCN(Cc1ccc(C#CCN)s1)C1CC1. The highest BCUT2D eigenvalue weighted by Crippen LogP contribution is 2.29. The van der Waals surface area contributed by atoms with Gasteiger partial charge in [0.1, 0.15) is 0 Å². The average Bonchev–Trinajstić information content (AvgIpc) is 3.04. The Hall–Kier alpha value is -0.820. The minimum atomic E-state index is 0.441. The summed E-state index contributed by atoms with van der Waals surface area (Å²) >= 11 is 1.79. The van der Waals surface area contributed by atoms with Crippen LogP contribution in [0.25, 0.3) is 0 Å². The molecule has 0 aliphatic heterocycles. The Morgan fingerprint density at radius 1 is 1.50 bits per heavy atom. The van der Waals surface area contributed by atoms with Crippen LogP contribution < -0.4 is 5.73 Å². The molecule has 16 heavy (non-hydrogen) atoms. The molecule has 0 bridgehead atoms. The molecular weight excluding hydrogens is 216 g/mol. The molecule has 1 fully saturated rings. The van der Waals surface area contributed by atoms with E-state index in [0.29, 0.717) is 6.54 Å². The molecule has 1 heterocycles. The molecule has 1 aromatic rings. The smallest absolute Gasteiger partial charge is 0.0772 e. The monoisotopic (exact) mass is 234 g/mol. The number of rotatable bonds is 4. The van der Waals surface area contributed by atoms with Crippen molar-refractivity contribution in [2.75, 3.05) is 13.1 Å². The highest BCUT2D eigenvalue weighted by Gasteiger charge is 2.27.